The smallest absolute Gasteiger partial charge is 0.335 e. The third kappa shape index (κ3) is 5.68. The molecule has 7 rings (SSSR count). The Kier molecular flexibility index (Phi) is 9.48. The van der Waals surface area contributed by atoms with Crippen LogP contribution in [0.25, 0.3) is 0 Å². The van der Waals surface area contributed by atoms with Crippen molar-refractivity contribution in [2.24, 2.45) is 22.7 Å². The minimum Gasteiger partial charge on any atom is -0.431 e. The molecule has 3 heterocycles. The first-order valence-electron chi connectivity index (χ1n) is 17.9. The second-order valence-corrected chi connectivity index (χ2v) is 15.9. The monoisotopic (exact) mass is 692 g/mol. The lowest BCUT2D eigenvalue weighted by Crippen LogP contribution is -2.64. The quantitative estimate of drug-likeness (QED) is 0.207. The van der Waals surface area contributed by atoms with Gasteiger partial charge in [0.1, 0.15) is 42.7 Å². The van der Waals surface area contributed by atoms with Gasteiger partial charge in [0.05, 0.1) is 30.7 Å². The summed E-state index contributed by atoms with van der Waals surface area (Å²) in [5, 5.41) is 75.1. The van der Waals surface area contributed by atoms with Crippen LogP contribution in [0, 0.1) is 22.7 Å². The summed E-state index contributed by atoms with van der Waals surface area (Å²) in [5.74, 6) is 0.549. The van der Waals surface area contributed by atoms with Crippen LogP contribution in [0.3, 0.4) is 0 Å². The molecule has 1 aromatic rings. The van der Waals surface area contributed by atoms with E-state index in [2.05, 4.69) is 19.9 Å². The summed E-state index contributed by atoms with van der Waals surface area (Å²) in [5.41, 5.74) is 0.613. The standard InChI is InChI=1S/C36H52O13/c1-17-26(39)31(49-32-29(42)28(41)27(40)24(15-37)48-32)30(43)33(46-17)47-20-8-11-34(2)19(14-20)5-6-23-22(34)9-12-35(3)21(10-13-36(23,35)44)18-4-7-25(38)45-16-18/h4,7,14,16-17,20-24,26-33,37,39-44H,5-6,8-13,15H2,1-3H3/t17?,20-,21+,22-,23+,24?,26?,27?,28?,29?,30?,31?,32?,33?,34-,35+,36-/m0/s1. The van der Waals surface area contributed by atoms with E-state index in [-0.39, 0.29) is 34.4 Å². The Labute approximate surface area is 285 Å². The van der Waals surface area contributed by atoms with Gasteiger partial charge < -0.3 is 59.1 Å². The van der Waals surface area contributed by atoms with Gasteiger partial charge in [-0.05, 0) is 93.1 Å². The molecule has 0 amide bonds. The maximum absolute atomic E-state index is 12.5. The third-order valence-electron chi connectivity index (χ3n) is 13.6. The lowest BCUT2D eigenvalue weighted by molar-refractivity contribution is -0.359. The Hall–Kier alpha value is -1.75. The predicted molar refractivity (Wildman–Crippen MR) is 171 cm³/mol. The van der Waals surface area contributed by atoms with Gasteiger partial charge in [-0.3, -0.25) is 0 Å². The second kappa shape index (κ2) is 13.0. The number of allylic oxidation sites excluding steroid dienone is 1. The lowest BCUT2D eigenvalue weighted by atomic mass is 9.45. The fourth-order valence-corrected chi connectivity index (χ4v) is 10.7. The van der Waals surface area contributed by atoms with Crippen molar-refractivity contribution in [3.63, 3.8) is 0 Å². The summed E-state index contributed by atoms with van der Waals surface area (Å²) < 4.78 is 28.7. The Morgan fingerprint density at radius 1 is 0.837 bits per heavy atom. The largest absolute Gasteiger partial charge is 0.431 e. The Morgan fingerprint density at radius 3 is 2.31 bits per heavy atom. The molecule has 6 aliphatic rings. The molecule has 274 valence electrons. The molecule has 13 heteroatoms. The number of aliphatic hydroxyl groups is 7. The van der Waals surface area contributed by atoms with Crippen LogP contribution in [0.5, 0.6) is 0 Å². The average Bonchev–Trinajstić information content (AvgIpc) is 3.36. The molecule has 3 saturated carbocycles. The van der Waals surface area contributed by atoms with Gasteiger partial charge in [-0.2, -0.15) is 0 Å². The van der Waals surface area contributed by atoms with Crippen LogP contribution in [-0.4, -0.2) is 115 Å². The van der Waals surface area contributed by atoms with Gasteiger partial charge in [-0.15, -0.1) is 0 Å². The highest BCUT2D eigenvalue weighted by molar-refractivity contribution is 5.31. The molecule has 4 aliphatic carbocycles. The minimum absolute atomic E-state index is 0.119. The molecule has 2 aliphatic heterocycles. The second-order valence-electron chi connectivity index (χ2n) is 15.9. The summed E-state index contributed by atoms with van der Waals surface area (Å²) in [7, 11) is 0. The molecule has 49 heavy (non-hydrogen) atoms. The van der Waals surface area contributed by atoms with Gasteiger partial charge in [-0.25, -0.2) is 4.79 Å². The summed E-state index contributed by atoms with van der Waals surface area (Å²) in [6, 6.07) is 3.32. The van der Waals surface area contributed by atoms with Gasteiger partial charge in [0, 0.05) is 11.5 Å². The first kappa shape index (κ1) is 35.6. The van der Waals surface area contributed by atoms with Crippen molar-refractivity contribution in [1.82, 2.24) is 0 Å². The first-order valence-corrected chi connectivity index (χ1v) is 17.9. The molecule has 5 fully saturated rings. The molecule has 2 saturated heterocycles. The van der Waals surface area contributed by atoms with E-state index in [9.17, 15) is 40.5 Å². The molecule has 13 nitrogen and oxygen atoms in total. The van der Waals surface area contributed by atoms with Gasteiger partial charge >= 0.3 is 5.63 Å². The molecule has 17 atom stereocenters. The van der Waals surface area contributed by atoms with Crippen LogP contribution in [0.4, 0.5) is 0 Å². The molecular formula is C36H52O13. The highest BCUT2D eigenvalue weighted by Gasteiger charge is 2.67. The van der Waals surface area contributed by atoms with E-state index in [1.165, 1.54) is 11.6 Å². The van der Waals surface area contributed by atoms with Gasteiger partial charge in [0.25, 0.3) is 0 Å². The highest BCUT2D eigenvalue weighted by atomic mass is 16.7. The Bertz CT molecular complexity index is 1430. The van der Waals surface area contributed by atoms with E-state index < -0.39 is 73.6 Å². The normalized spacial score (nSPS) is 51.3. The molecule has 0 aromatic carbocycles. The molecule has 10 unspecified atom stereocenters. The Balaban J connectivity index is 1.05. The average molecular weight is 693 g/mol. The van der Waals surface area contributed by atoms with E-state index in [1.807, 2.05) is 6.07 Å². The van der Waals surface area contributed by atoms with E-state index >= 15 is 0 Å². The van der Waals surface area contributed by atoms with Crippen molar-refractivity contribution in [1.29, 1.82) is 0 Å². The zero-order valence-electron chi connectivity index (χ0n) is 28.3. The van der Waals surface area contributed by atoms with Crippen LogP contribution in [-0.2, 0) is 18.9 Å². The number of ether oxygens (including phenoxy) is 4. The maximum Gasteiger partial charge on any atom is 0.335 e. The summed E-state index contributed by atoms with van der Waals surface area (Å²) in [4.78, 5) is 11.6. The predicted octanol–water partition coefficient (Wildman–Crippen LogP) is 0.838. The third-order valence-corrected chi connectivity index (χ3v) is 13.6. The molecule has 0 bridgehead atoms. The molecule has 7 N–H and O–H groups in total. The lowest BCUT2D eigenvalue weighted by Gasteiger charge is -2.62. The number of hydrogen-bond donors (Lipinski definition) is 7. The Morgan fingerprint density at radius 2 is 1.59 bits per heavy atom. The van der Waals surface area contributed by atoms with Crippen molar-refractivity contribution in [2.45, 2.75) is 151 Å². The number of fused-ring (bicyclic) bond motifs is 5. The molecule has 0 spiro atoms. The number of hydrogen-bond acceptors (Lipinski definition) is 13. The highest BCUT2D eigenvalue weighted by Crippen LogP contribution is 2.70. The molecule has 0 radical (unpaired) electrons. The van der Waals surface area contributed by atoms with Gasteiger partial charge in [0.2, 0.25) is 0 Å². The van der Waals surface area contributed by atoms with Gasteiger partial charge in [0.15, 0.2) is 12.6 Å². The zero-order valence-corrected chi connectivity index (χ0v) is 28.3. The molecule has 1 aromatic heterocycles. The van der Waals surface area contributed by atoms with Crippen molar-refractivity contribution in [2.75, 3.05) is 6.61 Å². The fraction of sp³-hybridized carbons (Fsp3) is 0.806. The summed E-state index contributed by atoms with van der Waals surface area (Å²) >= 11 is 0. The SMILES string of the molecule is CC1OC(O[C@@H]2C=C3CC[C@@H]4[C@H](CC[C@]5(C)[C@@H](c6ccc(=O)oc6)CC[C@]45O)[C@@]3(C)CC2)C(O)C(OC2OC(CO)C(O)C(O)C2O)C1O. The van der Waals surface area contributed by atoms with Crippen LogP contribution < -0.4 is 5.63 Å². The van der Waals surface area contributed by atoms with E-state index in [0.29, 0.717) is 18.8 Å². The van der Waals surface area contributed by atoms with Gasteiger partial charge in [-0.1, -0.05) is 25.5 Å². The van der Waals surface area contributed by atoms with E-state index in [4.69, 9.17) is 23.4 Å². The number of rotatable bonds is 6. The van der Waals surface area contributed by atoms with E-state index in [1.54, 1.807) is 13.2 Å². The summed E-state index contributed by atoms with van der Waals surface area (Å²) in [6.07, 6.45) is -3.95. The van der Waals surface area contributed by atoms with E-state index in [0.717, 1.165) is 44.1 Å². The zero-order chi connectivity index (χ0) is 35.0. The van der Waals surface area contributed by atoms with Crippen molar-refractivity contribution < 1.29 is 59.1 Å². The minimum atomic E-state index is -1.70. The molecular weight excluding hydrogens is 640 g/mol. The number of aliphatic hydroxyl groups excluding tert-OH is 6. The van der Waals surface area contributed by atoms with Crippen molar-refractivity contribution in [3.05, 3.63) is 46.0 Å². The van der Waals surface area contributed by atoms with Crippen LogP contribution >= 0.6 is 0 Å². The van der Waals surface area contributed by atoms with Crippen molar-refractivity contribution >= 4 is 0 Å². The fourth-order valence-electron chi connectivity index (χ4n) is 10.7. The maximum atomic E-state index is 12.5. The summed E-state index contributed by atoms with van der Waals surface area (Å²) in [6.45, 7) is 5.49. The topological polar surface area (TPSA) is 209 Å². The van der Waals surface area contributed by atoms with Crippen LogP contribution in [0.15, 0.2) is 39.3 Å². The van der Waals surface area contributed by atoms with Crippen LogP contribution in [0.2, 0.25) is 0 Å². The first-order chi connectivity index (χ1) is 23.2. The van der Waals surface area contributed by atoms with Crippen molar-refractivity contribution in [3.8, 4) is 0 Å². The van der Waals surface area contributed by atoms with Crippen LogP contribution in [0.1, 0.15) is 83.6 Å².